The maximum absolute atomic E-state index is 12.5. The molecule has 1 fully saturated rings. The second-order valence-corrected chi connectivity index (χ2v) is 5.62. The Morgan fingerprint density at radius 1 is 1.33 bits per heavy atom. The fourth-order valence-corrected chi connectivity index (χ4v) is 2.97. The van der Waals surface area contributed by atoms with Crippen molar-refractivity contribution >= 4 is 0 Å². The van der Waals surface area contributed by atoms with Crippen molar-refractivity contribution < 1.29 is 22.6 Å². The molecule has 2 rings (SSSR count). The largest absolute Gasteiger partial charge is 0.573 e. The minimum absolute atomic E-state index is 0.0446. The fourth-order valence-electron chi connectivity index (χ4n) is 2.97. The minimum atomic E-state index is -4.71. The van der Waals surface area contributed by atoms with Crippen LogP contribution >= 0.6 is 0 Å². The molecule has 134 valence electrons. The summed E-state index contributed by atoms with van der Waals surface area (Å²) in [6.45, 7) is 7.11. The van der Waals surface area contributed by atoms with Gasteiger partial charge in [0.05, 0.1) is 7.11 Å². The molecule has 1 aliphatic rings. The summed E-state index contributed by atoms with van der Waals surface area (Å²) in [5.41, 5.74) is 0.711. The van der Waals surface area contributed by atoms with Crippen molar-refractivity contribution in [3.63, 3.8) is 0 Å². The summed E-state index contributed by atoms with van der Waals surface area (Å²) < 4.78 is 47.0. The topological polar surface area (TPSA) is 33.7 Å². The van der Waals surface area contributed by atoms with E-state index in [-0.39, 0.29) is 11.8 Å². The van der Waals surface area contributed by atoms with Gasteiger partial charge in [-0.15, -0.1) is 19.8 Å². The van der Waals surface area contributed by atoms with E-state index in [1.54, 1.807) is 0 Å². The molecule has 1 aliphatic heterocycles. The second-order valence-electron chi connectivity index (χ2n) is 5.62. The predicted octanol–water partition coefficient (Wildman–Crippen LogP) is 3.51. The van der Waals surface area contributed by atoms with Gasteiger partial charge in [0.1, 0.15) is 11.5 Å². The lowest BCUT2D eigenvalue weighted by Crippen LogP contribution is -2.45. The zero-order valence-electron chi connectivity index (χ0n) is 13.7. The van der Waals surface area contributed by atoms with E-state index in [0.717, 1.165) is 39.0 Å². The van der Waals surface area contributed by atoms with E-state index in [1.807, 2.05) is 6.08 Å². The molecule has 0 spiro atoms. The third-order valence-corrected chi connectivity index (χ3v) is 4.03. The first-order chi connectivity index (χ1) is 11.4. The number of allylic oxidation sites excluding steroid dienone is 1. The van der Waals surface area contributed by atoms with Crippen LogP contribution in [0.3, 0.4) is 0 Å². The third-order valence-electron chi connectivity index (χ3n) is 4.03. The molecule has 1 saturated heterocycles. The first-order valence-electron chi connectivity index (χ1n) is 7.94. The van der Waals surface area contributed by atoms with Crippen molar-refractivity contribution in [3.05, 3.63) is 36.4 Å². The molecular weight excluding hydrogens is 321 g/mol. The van der Waals surface area contributed by atoms with Crippen molar-refractivity contribution in [2.24, 2.45) is 0 Å². The molecule has 0 bridgehead atoms. The van der Waals surface area contributed by atoms with Gasteiger partial charge in [-0.05, 0) is 31.0 Å². The highest BCUT2D eigenvalue weighted by Crippen LogP contribution is 2.37. The lowest BCUT2D eigenvalue weighted by Gasteiger charge is -2.36. The van der Waals surface area contributed by atoms with Gasteiger partial charge in [0.25, 0.3) is 0 Å². The van der Waals surface area contributed by atoms with Gasteiger partial charge < -0.3 is 14.8 Å². The monoisotopic (exact) mass is 344 g/mol. The molecule has 24 heavy (non-hydrogen) atoms. The molecule has 0 radical (unpaired) electrons. The average molecular weight is 344 g/mol. The Labute approximate surface area is 140 Å². The summed E-state index contributed by atoms with van der Waals surface area (Å²) in [6, 6.07) is 4.19. The number of nitrogens with zero attached hydrogens (tertiary/aromatic N) is 1. The Morgan fingerprint density at radius 2 is 2.04 bits per heavy atom. The van der Waals surface area contributed by atoms with Crippen LogP contribution in [-0.2, 0) is 0 Å². The van der Waals surface area contributed by atoms with Crippen molar-refractivity contribution in [2.45, 2.75) is 25.2 Å². The Balaban J connectivity index is 2.33. The Bertz CT molecular complexity index is 543. The van der Waals surface area contributed by atoms with Crippen molar-refractivity contribution in [1.82, 2.24) is 10.2 Å². The van der Waals surface area contributed by atoms with Crippen LogP contribution in [0.5, 0.6) is 11.5 Å². The SMILES string of the molecule is C=CCC[C@H](c1cc(OC(F)(F)F)ccc1OC)N1CCNCC1. The summed E-state index contributed by atoms with van der Waals surface area (Å²) in [4.78, 5) is 2.26. The van der Waals surface area contributed by atoms with Crippen LogP contribution in [0.4, 0.5) is 13.2 Å². The van der Waals surface area contributed by atoms with E-state index in [9.17, 15) is 13.2 Å². The van der Waals surface area contributed by atoms with Crippen LogP contribution in [0.25, 0.3) is 0 Å². The molecule has 4 nitrogen and oxygen atoms in total. The lowest BCUT2D eigenvalue weighted by molar-refractivity contribution is -0.274. The molecule has 0 unspecified atom stereocenters. The molecule has 1 heterocycles. The highest BCUT2D eigenvalue weighted by atomic mass is 19.4. The van der Waals surface area contributed by atoms with Gasteiger partial charge in [-0.1, -0.05) is 6.08 Å². The zero-order chi connectivity index (χ0) is 17.6. The van der Waals surface area contributed by atoms with E-state index in [1.165, 1.54) is 25.3 Å². The normalized spacial score (nSPS) is 17.3. The minimum Gasteiger partial charge on any atom is -0.496 e. The number of methoxy groups -OCH3 is 1. The number of rotatable bonds is 7. The Morgan fingerprint density at radius 3 is 2.62 bits per heavy atom. The standard InChI is InChI=1S/C17H23F3N2O2/c1-3-4-5-15(22-10-8-21-9-11-22)14-12-13(24-17(18,19)20)6-7-16(14)23-2/h3,6-7,12,15,21H,1,4-5,8-11H2,2H3/t15-/m1/s1. The van der Waals surface area contributed by atoms with Crippen LogP contribution in [0.2, 0.25) is 0 Å². The molecule has 0 aliphatic carbocycles. The highest BCUT2D eigenvalue weighted by molar-refractivity contribution is 5.42. The number of hydrogen-bond acceptors (Lipinski definition) is 4. The second kappa shape index (κ2) is 8.39. The van der Waals surface area contributed by atoms with E-state index in [4.69, 9.17) is 4.74 Å². The molecule has 0 saturated carbocycles. The van der Waals surface area contributed by atoms with E-state index in [0.29, 0.717) is 11.3 Å². The maximum Gasteiger partial charge on any atom is 0.573 e. The Hall–Kier alpha value is -1.73. The number of piperazine rings is 1. The van der Waals surface area contributed by atoms with Gasteiger partial charge in [-0.25, -0.2) is 0 Å². The van der Waals surface area contributed by atoms with Gasteiger partial charge in [-0.2, -0.15) is 0 Å². The number of halogens is 3. The van der Waals surface area contributed by atoms with Gasteiger partial charge >= 0.3 is 6.36 Å². The summed E-state index contributed by atoms with van der Waals surface area (Å²) in [5.74, 6) is 0.342. The number of benzene rings is 1. The zero-order valence-corrected chi connectivity index (χ0v) is 13.7. The molecule has 7 heteroatoms. The average Bonchev–Trinajstić information content (AvgIpc) is 2.55. The predicted molar refractivity (Wildman–Crippen MR) is 86.3 cm³/mol. The van der Waals surface area contributed by atoms with E-state index < -0.39 is 6.36 Å². The first-order valence-corrected chi connectivity index (χ1v) is 7.94. The summed E-state index contributed by atoms with van der Waals surface area (Å²) in [7, 11) is 1.52. The molecule has 0 amide bonds. The highest BCUT2D eigenvalue weighted by Gasteiger charge is 2.32. The number of alkyl halides is 3. The van der Waals surface area contributed by atoms with Crippen molar-refractivity contribution in [1.29, 1.82) is 0 Å². The van der Waals surface area contributed by atoms with Crippen LogP contribution in [0.15, 0.2) is 30.9 Å². The van der Waals surface area contributed by atoms with Crippen molar-refractivity contribution in [3.8, 4) is 11.5 Å². The van der Waals surface area contributed by atoms with Crippen LogP contribution in [0, 0.1) is 0 Å². The van der Waals surface area contributed by atoms with Gasteiger partial charge in [0.2, 0.25) is 0 Å². The quantitative estimate of drug-likeness (QED) is 0.768. The van der Waals surface area contributed by atoms with Gasteiger partial charge in [0.15, 0.2) is 0 Å². The maximum atomic E-state index is 12.5. The van der Waals surface area contributed by atoms with E-state index >= 15 is 0 Å². The summed E-state index contributed by atoms with van der Waals surface area (Å²) in [6.07, 6.45) is -1.37. The molecule has 1 aromatic carbocycles. The molecule has 1 atom stereocenters. The van der Waals surface area contributed by atoms with E-state index in [2.05, 4.69) is 21.5 Å². The number of ether oxygens (including phenoxy) is 2. The lowest BCUT2D eigenvalue weighted by atomic mass is 9.98. The fraction of sp³-hybridized carbons (Fsp3) is 0.529. The van der Waals surface area contributed by atoms with Gasteiger partial charge in [0, 0.05) is 37.8 Å². The van der Waals surface area contributed by atoms with Crippen molar-refractivity contribution in [2.75, 3.05) is 33.3 Å². The molecular formula is C17H23F3N2O2. The third kappa shape index (κ3) is 5.14. The van der Waals surface area contributed by atoms with Crippen LogP contribution in [0.1, 0.15) is 24.4 Å². The Kier molecular flexibility index (Phi) is 6.51. The molecule has 1 N–H and O–H groups in total. The summed E-state index contributed by atoms with van der Waals surface area (Å²) >= 11 is 0. The number of hydrogen-bond donors (Lipinski definition) is 1. The molecule has 1 aromatic rings. The van der Waals surface area contributed by atoms with Crippen LogP contribution < -0.4 is 14.8 Å². The van der Waals surface area contributed by atoms with Gasteiger partial charge in [-0.3, -0.25) is 4.90 Å². The van der Waals surface area contributed by atoms with Crippen LogP contribution in [-0.4, -0.2) is 44.6 Å². The number of nitrogens with one attached hydrogen (secondary N) is 1. The molecule has 0 aromatic heterocycles. The smallest absolute Gasteiger partial charge is 0.496 e. The summed E-state index contributed by atoms with van der Waals surface area (Å²) in [5, 5.41) is 3.28. The first kappa shape index (κ1) is 18.6.